The Bertz CT molecular complexity index is 164. The molecule has 1 nitrogen and oxygen atoms in total. The van der Waals surface area contributed by atoms with Gasteiger partial charge in [0.15, 0.2) is 0 Å². The summed E-state index contributed by atoms with van der Waals surface area (Å²) >= 11 is 0. The van der Waals surface area contributed by atoms with Crippen molar-refractivity contribution in [1.29, 1.82) is 0 Å². The first-order valence-corrected chi connectivity index (χ1v) is 3.79. The number of nitrogens with zero attached hydrogens (tertiary/aromatic N) is 1. The number of allylic oxidation sites excluding steroid dienone is 3. The van der Waals surface area contributed by atoms with E-state index in [0.29, 0.717) is 0 Å². The van der Waals surface area contributed by atoms with E-state index in [1.807, 2.05) is 39.2 Å². The summed E-state index contributed by atoms with van der Waals surface area (Å²) in [5, 5.41) is 0. The largest absolute Gasteiger partial charge is 0.305 e. The highest BCUT2D eigenvalue weighted by molar-refractivity contribution is 5.23. The third kappa shape index (κ3) is 5.62. The van der Waals surface area contributed by atoms with Gasteiger partial charge in [0, 0.05) is 6.54 Å². The zero-order chi connectivity index (χ0) is 8.69. The van der Waals surface area contributed by atoms with Gasteiger partial charge >= 0.3 is 0 Å². The standard InChI is InChI=1S/C10H17N/c1-5-7-8-10(6-2)9-11(3)4/h5-8H,2,9H2,1,3-4H3/b7-5-,10-8+. The fourth-order valence-electron chi connectivity index (χ4n) is 0.770. The smallest absolute Gasteiger partial charge is 0.0227 e. The zero-order valence-corrected chi connectivity index (χ0v) is 7.67. The highest BCUT2D eigenvalue weighted by Crippen LogP contribution is 1.97. The maximum Gasteiger partial charge on any atom is 0.0227 e. The average molecular weight is 151 g/mol. The first kappa shape index (κ1) is 10.2. The van der Waals surface area contributed by atoms with E-state index in [1.165, 1.54) is 5.57 Å². The van der Waals surface area contributed by atoms with Crippen LogP contribution in [0, 0.1) is 0 Å². The van der Waals surface area contributed by atoms with Gasteiger partial charge in [-0.1, -0.05) is 30.9 Å². The Kier molecular flexibility index (Phi) is 5.49. The summed E-state index contributed by atoms with van der Waals surface area (Å²) in [5.74, 6) is 0. The van der Waals surface area contributed by atoms with Crippen molar-refractivity contribution >= 4 is 0 Å². The molecular formula is C10H17N. The normalized spacial score (nSPS) is 12.9. The van der Waals surface area contributed by atoms with Gasteiger partial charge in [0.25, 0.3) is 0 Å². The monoisotopic (exact) mass is 151 g/mol. The molecule has 0 aromatic rings. The SMILES string of the molecule is C=C/C(=C\C=C/C)CN(C)C. The molecule has 0 N–H and O–H groups in total. The molecule has 0 aliphatic heterocycles. The minimum absolute atomic E-state index is 0.952. The molecule has 0 saturated heterocycles. The van der Waals surface area contributed by atoms with Crippen molar-refractivity contribution in [2.45, 2.75) is 6.92 Å². The van der Waals surface area contributed by atoms with E-state index in [-0.39, 0.29) is 0 Å². The fourth-order valence-corrected chi connectivity index (χ4v) is 0.770. The predicted molar refractivity (Wildman–Crippen MR) is 51.6 cm³/mol. The van der Waals surface area contributed by atoms with Gasteiger partial charge in [0.2, 0.25) is 0 Å². The molecule has 0 unspecified atom stereocenters. The fraction of sp³-hybridized carbons (Fsp3) is 0.400. The lowest BCUT2D eigenvalue weighted by Gasteiger charge is -2.08. The molecule has 0 aromatic carbocycles. The lowest BCUT2D eigenvalue weighted by atomic mass is 10.2. The number of hydrogen-bond donors (Lipinski definition) is 0. The molecule has 0 rings (SSSR count). The number of hydrogen-bond acceptors (Lipinski definition) is 1. The zero-order valence-electron chi connectivity index (χ0n) is 7.67. The quantitative estimate of drug-likeness (QED) is 0.557. The first-order chi connectivity index (χ1) is 5.20. The maximum absolute atomic E-state index is 3.74. The second-order valence-electron chi connectivity index (χ2n) is 2.71. The van der Waals surface area contributed by atoms with Crippen LogP contribution in [-0.4, -0.2) is 25.5 Å². The third-order valence-corrected chi connectivity index (χ3v) is 1.26. The molecule has 0 aliphatic rings. The van der Waals surface area contributed by atoms with E-state index in [9.17, 15) is 0 Å². The second-order valence-corrected chi connectivity index (χ2v) is 2.71. The van der Waals surface area contributed by atoms with Crippen LogP contribution in [0.3, 0.4) is 0 Å². The van der Waals surface area contributed by atoms with E-state index in [2.05, 4.69) is 17.6 Å². The van der Waals surface area contributed by atoms with Crippen molar-refractivity contribution in [2.75, 3.05) is 20.6 Å². The minimum Gasteiger partial charge on any atom is -0.305 e. The minimum atomic E-state index is 0.952. The van der Waals surface area contributed by atoms with Crippen LogP contribution in [-0.2, 0) is 0 Å². The van der Waals surface area contributed by atoms with Gasteiger partial charge in [-0.15, -0.1) is 0 Å². The molecule has 0 fully saturated rings. The Labute approximate surface area is 69.7 Å². The van der Waals surface area contributed by atoms with Crippen LogP contribution in [0.2, 0.25) is 0 Å². The Morgan fingerprint density at radius 1 is 1.45 bits per heavy atom. The highest BCUT2D eigenvalue weighted by atomic mass is 15.0. The van der Waals surface area contributed by atoms with E-state index < -0.39 is 0 Å². The van der Waals surface area contributed by atoms with Crippen LogP contribution in [0.15, 0.2) is 36.5 Å². The summed E-state index contributed by atoms with van der Waals surface area (Å²) in [5.41, 5.74) is 1.24. The van der Waals surface area contributed by atoms with Crippen molar-refractivity contribution in [3.63, 3.8) is 0 Å². The highest BCUT2D eigenvalue weighted by Gasteiger charge is 1.91. The Balaban J connectivity index is 4.04. The van der Waals surface area contributed by atoms with Crippen LogP contribution < -0.4 is 0 Å². The summed E-state index contributed by atoms with van der Waals surface area (Å²) in [4.78, 5) is 2.12. The van der Waals surface area contributed by atoms with Crippen LogP contribution >= 0.6 is 0 Å². The van der Waals surface area contributed by atoms with Crippen LogP contribution in [0.1, 0.15) is 6.92 Å². The molecule has 0 heterocycles. The molecular weight excluding hydrogens is 134 g/mol. The summed E-state index contributed by atoms with van der Waals surface area (Å²) in [7, 11) is 4.10. The summed E-state index contributed by atoms with van der Waals surface area (Å²) in [6, 6.07) is 0. The average Bonchev–Trinajstić information content (AvgIpc) is 1.97. The van der Waals surface area contributed by atoms with Crippen molar-refractivity contribution in [3.8, 4) is 0 Å². The van der Waals surface area contributed by atoms with E-state index in [1.54, 1.807) is 0 Å². The van der Waals surface area contributed by atoms with Crippen molar-refractivity contribution < 1.29 is 0 Å². The Hall–Kier alpha value is -0.820. The molecule has 0 aromatic heterocycles. The van der Waals surface area contributed by atoms with Crippen LogP contribution in [0.5, 0.6) is 0 Å². The van der Waals surface area contributed by atoms with Gasteiger partial charge in [-0.25, -0.2) is 0 Å². The molecule has 0 saturated carbocycles. The Morgan fingerprint density at radius 3 is 2.45 bits per heavy atom. The first-order valence-electron chi connectivity index (χ1n) is 3.79. The van der Waals surface area contributed by atoms with Gasteiger partial charge in [0.1, 0.15) is 0 Å². The van der Waals surface area contributed by atoms with E-state index in [0.717, 1.165) is 6.54 Å². The summed E-state index contributed by atoms with van der Waals surface area (Å²) in [6.45, 7) is 6.70. The topological polar surface area (TPSA) is 3.24 Å². The molecule has 1 heteroatoms. The maximum atomic E-state index is 3.74. The molecule has 0 bridgehead atoms. The Morgan fingerprint density at radius 2 is 2.09 bits per heavy atom. The van der Waals surface area contributed by atoms with Crippen LogP contribution in [0.4, 0.5) is 0 Å². The molecule has 0 spiro atoms. The summed E-state index contributed by atoms with van der Waals surface area (Å²) < 4.78 is 0. The molecule has 0 atom stereocenters. The molecule has 62 valence electrons. The predicted octanol–water partition coefficient (Wildman–Crippen LogP) is 2.24. The number of rotatable bonds is 4. The lowest BCUT2D eigenvalue weighted by molar-refractivity contribution is 0.449. The van der Waals surface area contributed by atoms with E-state index >= 15 is 0 Å². The van der Waals surface area contributed by atoms with Crippen molar-refractivity contribution in [2.24, 2.45) is 0 Å². The third-order valence-electron chi connectivity index (χ3n) is 1.26. The molecule has 0 aliphatic carbocycles. The number of likely N-dealkylation sites (N-methyl/N-ethyl adjacent to an activating group) is 1. The van der Waals surface area contributed by atoms with Crippen LogP contribution in [0.25, 0.3) is 0 Å². The van der Waals surface area contributed by atoms with Gasteiger partial charge < -0.3 is 4.90 Å². The van der Waals surface area contributed by atoms with Crippen molar-refractivity contribution in [1.82, 2.24) is 4.90 Å². The molecule has 0 amide bonds. The van der Waals surface area contributed by atoms with Gasteiger partial charge in [-0.3, -0.25) is 0 Å². The molecule has 0 radical (unpaired) electrons. The van der Waals surface area contributed by atoms with Gasteiger partial charge in [0.05, 0.1) is 0 Å². The van der Waals surface area contributed by atoms with Gasteiger partial charge in [-0.05, 0) is 26.6 Å². The second kappa shape index (κ2) is 5.93. The van der Waals surface area contributed by atoms with Gasteiger partial charge in [-0.2, -0.15) is 0 Å². The van der Waals surface area contributed by atoms with E-state index in [4.69, 9.17) is 0 Å². The summed E-state index contributed by atoms with van der Waals surface area (Å²) in [6.07, 6.45) is 8.01. The van der Waals surface area contributed by atoms with Crippen molar-refractivity contribution in [3.05, 3.63) is 36.5 Å². The lowest BCUT2D eigenvalue weighted by Crippen LogP contribution is -2.13. The molecule has 11 heavy (non-hydrogen) atoms.